The molecule has 0 atom stereocenters. The summed E-state index contributed by atoms with van der Waals surface area (Å²) in [7, 11) is 0. The van der Waals surface area contributed by atoms with Crippen LogP contribution in [-0.2, 0) is 6.42 Å². The molecule has 0 aliphatic carbocycles. The maximum absolute atomic E-state index is 5.75. The van der Waals surface area contributed by atoms with Crippen LogP contribution < -0.4 is 11.1 Å². The van der Waals surface area contributed by atoms with Gasteiger partial charge < -0.3 is 11.1 Å². The van der Waals surface area contributed by atoms with E-state index in [1.807, 2.05) is 6.07 Å². The van der Waals surface area contributed by atoms with Gasteiger partial charge in [0, 0.05) is 11.7 Å². The standard InChI is InChI=1S/C12H20N2/c1-9(2)14-7-6-11-4-5-12(13)10(3)8-11/h4-5,8-9,14H,6-7,13H2,1-3H3. The Bertz CT molecular complexity index is 292. The van der Waals surface area contributed by atoms with Gasteiger partial charge in [-0.2, -0.15) is 0 Å². The summed E-state index contributed by atoms with van der Waals surface area (Å²) in [6, 6.07) is 6.81. The molecular weight excluding hydrogens is 172 g/mol. The first kappa shape index (κ1) is 11.1. The summed E-state index contributed by atoms with van der Waals surface area (Å²) in [5.41, 5.74) is 9.16. The molecule has 0 heterocycles. The first-order valence-electron chi connectivity index (χ1n) is 5.18. The maximum atomic E-state index is 5.75. The van der Waals surface area contributed by atoms with Crippen LogP contribution in [0.3, 0.4) is 0 Å². The third-order valence-corrected chi connectivity index (χ3v) is 2.30. The van der Waals surface area contributed by atoms with Gasteiger partial charge in [-0.05, 0) is 37.1 Å². The molecule has 3 N–H and O–H groups in total. The quantitative estimate of drug-likeness (QED) is 0.717. The first-order chi connectivity index (χ1) is 6.59. The molecule has 14 heavy (non-hydrogen) atoms. The van der Waals surface area contributed by atoms with Crippen molar-refractivity contribution in [2.45, 2.75) is 33.2 Å². The van der Waals surface area contributed by atoms with Gasteiger partial charge in [-0.3, -0.25) is 0 Å². The Balaban J connectivity index is 2.47. The van der Waals surface area contributed by atoms with Crippen LogP contribution in [0.1, 0.15) is 25.0 Å². The molecule has 0 unspecified atom stereocenters. The average molecular weight is 192 g/mol. The van der Waals surface area contributed by atoms with Crippen LogP contribution >= 0.6 is 0 Å². The van der Waals surface area contributed by atoms with Crippen molar-refractivity contribution in [3.05, 3.63) is 29.3 Å². The number of benzene rings is 1. The van der Waals surface area contributed by atoms with E-state index in [9.17, 15) is 0 Å². The topological polar surface area (TPSA) is 38.0 Å². The normalized spacial score (nSPS) is 10.9. The Hall–Kier alpha value is -1.02. The highest BCUT2D eigenvalue weighted by Gasteiger charge is 1.97. The summed E-state index contributed by atoms with van der Waals surface area (Å²) in [6.45, 7) is 7.40. The minimum absolute atomic E-state index is 0.560. The van der Waals surface area contributed by atoms with E-state index in [-0.39, 0.29) is 0 Å². The number of nitrogens with one attached hydrogen (secondary N) is 1. The maximum Gasteiger partial charge on any atom is 0.0343 e. The predicted molar refractivity (Wildman–Crippen MR) is 62.4 cm³/mol. The fourth-order valence-corrected chi connectivity index (χ4v) is 1.40. The number of hydrogen-bond donors (Lipinski definition) is 2. The van der Waals surface area contributed by atoms with E-state index in [0.717, 1.165) is 18.7 Å². The summed E-state index contributed by atoms with van der Waals surface area (Å²) in [5, 5.41) is 3.40. The second kappa shape index (κ2) is 5.01. The molecule has 1 aromatic carbocycles. The molecule has 0 spiro atoms. The summed E-state index contributed by atoms with van der Waals surface area (Å²) < 4.78 is 0. The largest absolute Gasteiger partial charge is 0.399 e. The van der Waals surface area contributed by atoms with E-state index in [4.69, 9.17) is 5.73 Å². The fourth-order valence-electron chi connectivity index (χ4n) is 1.40. The lowest BCUT2D eigenvalue weighted by Crippen LogP contribution is -2.24. The molecule has 0 aliphatic rings. The molecule has 0 radical (unpaired) electrons. The van der Waals surface area contributed by atoms with E-state index in [1.165, 1.54) is 11.1 Å². The predicted octanol–water partition coefficient (Wildman–Crippen LogP) is 2.12. The smallest absolute Gasteiger partial charge is 0.0343 e. The second-order valence-corrected chi connectivity index (χ2v) is 4.05. The van der Waals surface area contributed by atoms with Gasteiger partial charge in [-0.25, -0.2) is 0 Å². The zero-order valence-corrected chi connectivity index (χ0v) is 9.30. The molecule has 78 valence electrons. The van der Waals surface area contributed by atoms with E-state index >= 15 is 0 Å². The minimum atomic E-state index is 0.560. The minimum Gasteiger partial charge on any atom is -0.399 e. The lowest BCUT2D eigenvalue weighted by molar-refractivity contribution is 0.590. The number of anilines is 1. The Morgan fingerprint density at radius 1 is 1.36 bits per heavy atom. The number of aryl methyl sites for hydroxylation is 1. The van der Waals surface area contributed by atoms with Gasteiger partial charge in [-0.1, -0.05) is 26.0 Å². The van der Waals surface area contributed by atoms with Crippen LogP contribution in [0.15, 0.2) is 18.2 Å². The van der Waals surface area contributed by atoms with Gasteiger partial charge in [0.05, 0.1) is 0 Å². The van der Waals surface area contributed by atoms with Crippen LogP contribution in [-0.4, -0.2) is 12.6 Å². The van der Waals surface area contributed by atoms with Crippen molar-refractivity contribution in [1.29, 1.82) is 0 Å². The van der Waals surface area contributed by atoms with Crippen LogP contribution in [0.2, 0.25) is 0 Å². The molecule has 0 aromatic heterocycles. The molecule has 0 fully saturated rings. The van der Waals surface area contributed by atoms with Crippen molar-refractivity contribution in [2.75, 3.05) is 12.3 Å². The first-order valence-corrected chi connectivity index (χ1v) is 5.18. The third-order valence-electron chi connectivity index (χ3n) is 2.30. The number of nitrogen functional groups attached to an aromatic ring is 1. The number of rotatable bonds is 4. The molecule has 0 saturated carbocycles. The second-order valence-electron chi connectivity index (χ2n) is 4.05. The van der Waals surface area contributed by atoms with Crippen LogP contribution in [0, 0.1) is 6.92 Å². The Labute approximate surface area is 86.5 Å². The Morgan fingerprint density at radius 3 is 2.64 bits per heavy atom. The van der Waals surface area contributed by atoms with E-state index < -0.39 is 0 Å². The lowest BCUT2D eigenvalue weighted by atomic mass is 10.1. The summed E-state index contributed by atoms with van der Waals surface area (Å²) in [6.07, 6.45) is 1.07. The molecule has 0 amide bonds. The zero-order valence-electron chi connectivity index (χ0n) is 9.30. The van der Waals surface area contributed by atoms with Gasteiger partial charge in [-0.15, -0.1) is 0 Å². The third kappa shape index (κ3) is 3.38. The van der Waals surface area contributed by atoms with Crippen molar-refractivity contribution < 1.29 is 0 Å². The molecule has 0 aliphatic heterocycles. The van der Waals surface area contributed by atoms with Crippen molar-refractivity contribution >= 4 is 5.69 Å². The molecular formula is C12H20N2. The van der Waals surface area contributed by atoms with Gasteiger partial charge in [0.2, 0.25) is 0 Å². The van der Waals surface area contributed by atoms with Gasteiger partial charge >= 0.3 is 0 Å². The Morgan fingerprint density at radius 2 is 2.07 bits per heavy atom. The van der Waals surface area contributed by atoms with E-state index in [2.05, 4.69) is 38.2 Å². The SMILES string of the molecule is Cc1cc(CCNC(C)C)ccc1N. The summed E-state index contributed by atoms with van der Waals surface area (Å²) in [4.78, 5) is 0. The molecule has 1 aromatic rings. The van der Waals surface area contributed by atoms with Crippen LogP contribution in [0.25, 0.3) is 0 Å². The Kier molecular flexibility index (Phi) is 3.96. The highest BCUT2D eigenvalue weighted by Crippen LogP contribution is 2.12. The molecule has 2 heteroatoms. The van der Waals surface area contributed by atoms with Gasteiger partial charge in [0.25, 0.3) is 0 Å². The van der Waals surface area contributed by atoms with Crippen LogP contribution in [0.4, 0.5) is 5.69 Å². The summed E-state index contributed by atoms with van der Waals surface area (Å²) >= 11 is 0. The van der Waals surface area contributed by atoms with E-state index in [1.54, 1.807) is 0 Å². The van der Waals surface area contributed by atoms with Crippen molar-refractivity contribution in [3.8, 4) is 0 Å². The average Bonchev–Trinajstić information content (AvgIpc) is 2.10. The van der Waals surface area contributed by atoms with Crippen LogP contribution in [0.5, 0.6) is 0 Å². The molecule has 1 rings (SSSR count). The summed E-state index contributed by atoms with van der Waals surface area (Å²) in [5.74, 6) is 0. The van der Waals surface area contributed by atoms with Gasteiger partial charge in [0.1, 0.15) is 0 Å². The highest BCUT2D eigenvalue weighted by atomic mass is 14.9. The number of hydrogen-bond acceptors (Lipinski definition) is 2. The lowest BCUT2D eigenvalue weighted by Gasteiger charge is -2.08. The monoisotopic (exact) mass is 192 g/mol. The highest BCUT2D eigenvalue weighted by molar-refractivity contribution is 5.47. The van der Waals surface area contributed by atoms with Gasteiger partial charge in [0.15, 0.2) is 0 Å². The van der Waals surface area contributed by atoms with E-state index in [0.29, 0.717) is 6.04 Å². The van der Waals surface area contributed by atoms with Crippen molar-refractivity contribution in [3.63, 3.8) is 0 Å². The fraction of sp³-hybridized carbons (Fsp3) is 0.500. The van der Waals surface area contributed by atoms with Crippen molar-refractivity contribution in [1.82, 2.24) is 5.32 Å². The molecule has 0 saturated heterocycles. The van der Waals surface area contributed by atoms with Crippen molar-refractivity contribution in [2.24, 2.45) is 0 Å². The molecule has 2 nitrogen and oxygen atoms in total. The zero-order chi connectivity index (χ0) is 10.6. The number of nitrogens with two attached hydrogens (primary N) is 1. The molecule has 0 bridgehead atoms.